The first-order chi connectivity index (χ1) is 12.1. The minimum Gasteiger partial charge on any atom is -0.321 e. The minimum absolute atomic E-state index is 0.318. The van der Waals surface area contributed by atoms with Crippen molar-refractivity contribution in [3.8, 4) is 0 Å². The summed E-state index contributed by atoms with van der Waals surface area (Å²) in [5.41, 5.74) is 1.19. The lowest BCUT2D eigenvalue weighted by atomic mass is 10.1. The summed E-state index contributed by atoms with van der Waals surface area (Å²) in [5, 5.41) is 5.89. The Morgan fingerprint density at radius 3 is 2.52 bits per heavy atom. The first kappa shape index (κ1) is 16.7. The molecule has 6 heteroatoms. The van der Waals surface area contributed by atoms with E-state index in [1.807, 2.05) is 0 Å². The summed E-state index contributed by atoms with van der Waals surface area (Å²) in [7, 11) is 0. The van der Waals surface area contributed by atoms with Crippen molar-refractivity contribution >= 4 is 34.9 Å². The molecule has 1 radical (unpaired) electrons. The van der Waals surface area contributed by atoms with Crippen LogP contribution in [0.4, 0.5) is 11.5 Å². The Labute approximate surface area is 149 Å². The van der Waals surface area contributed by atoms with E-state index < -0.39 is 0 Å². The zero-order valence-corrected chi connectivity index (χ0v) is 13.7. The van der Waals surface area contributed by atoms with Gasteiger partial charge in [0.2, 0.25) is 0 Å². The predicted octanol–water partition coefficient (Wildman–Crippen LogP) is 4.04. The van der Waals surface area contributed by atoms with E-state index in [4.69, 9.17) is 11.6 Å². The number of carbonyl (C=O) groups is 2. The lowest BCUT2D eigenvalue weighted by molar-refractivity contribution is 0.102. The van der Waals surface area contributed by atoms with E-state index >= 15 is 0 Å². The van der Waals surface area contributed by atoms with E-state index in [0.717, 1.165) is 0 Å². The molecule has 25 heavy (non-hydrogen) atoms. The Bertz CT molecular complexity index is 896. The van der Waals surface area contributed by atoms with Crippen LogP contribution in [-0.2, 0) is 0 Å². The van der Waals surface area contributed by atoms with Gasteiger partial charge < -0.3 is 10.6 Å². The van der Waals surface area contributed by atoms with Crippen LogP contribution in [-0.4, -0.2) is 16.8 Å². The summed E-state index contributed by atoms with van der Waals surface area (Å²) < 4.78 is 0. The molecule has 0 unspecified atom stereocenters. The molecule has 3 rings (SSSR count). The fourth-order valence-corrected chi connectivity index (χ4v) is 2.26. The number of hydrogen-bond acceptors (Lipinski definition) is 3. The molecule has 0 bridgehead atoms. The molecule has 5 nitrogen and oxygen atoms in total. The van der Waals surface area contributed by atoms with E-state index in [-0.39, 0.29) is 11.8 Å². The third kappa shape index (κ3) is 4.22. The van der Waals surface area contributed by atoms with Crippen molar-refractivity contribution in [1.82, 2.24) is 4.98 Å². The molecule has 3 aromatic rings. The fraction of sp³-hybridized carbons (Fsp3) is 0. The van der Waals surface area contributed by atoms with Gasteiger partial charge in [0.15, 0.2) is 0 Å². The third-order valence-corrected chi connectivity index (χ3v) is 3.58. The van der Waals surface area contributed by atoms with Gasteiger partial charge in [-0.25, -0.2) is 4.98 Å². The van der Waals surface area contributed by atoms with Gasteiger partial charge in [-0.15, -0.1) is 0 Å². The lowest BCUT2D eigenvalue weighted by Crippen LogP contribution is -2.18. The number of halogens is 1. The van der Waals surface area contributed by atoms with Crippen LogP contribution in [0, 0.1) is 6.07 Å². The number of nitrogens with one attached hydrogen (secondary N) is 2. The van der Waals surface area contributed by atoms with Gasteiger partial charge in [-0.3, -0.25) is 9.59 Å². The molecule has 0 saturated carbocycles. The monoisotopic (exact) mass is 350 g/mol. The third-order valence-electron chi connectivity index (χ3n) is 3.36. The van der Waals surface area contributed by atoms with E-state index in [9.17, 15) is 9.59 Å². The van der Waals surface area contributed by atoms with Crippen molar-refractivity contribution < 1.29 is 9.59 Å². The molecule has 0 atom stereocenters. The zero-order valence-electron chi connectivity index (χ0n) is 13.0. The number of para-hydroxylation sites is 1. The van der Waals surface area contributed by atoms with Crippen LogP contribution in [0.15, 0.2) is 66.9 Å². The number of amides is 2. The molecular formula is C19H13ClN3O2. The number of carbonyl (C=O) groups excluding carboxylic acids is 2. The fourth-order valence-electron chi connectivity index (χ4n) is 2.15. The maximum absolute atomic E-state index is 12.5. The Morgan fingerprint density at radius 1 is 0.960 bits per heavy atom. The Hall–Kier alpha value is -3.18. The largest absolute Gasteiger partial charge is 0.321 e. The van der Waals surface area contributed by atoms with Gasteiger partial charge in [-0.2, -0.15) is 0 Å². The zero-order chi connectivity index (χ0) is 17.6. The van der Waals surface area contributed by atoms with Crippen molar-refractivity contribution in [2.75, 3.05) is 10.6 Å². The average Bonchev–Trinajstić information content (AvgIpc) is 2.64. The second-order valence-corrected chi connectivity index (χ2v) is 5.54. The van der Waals surface area contributed by atoms with Gasteiger partial charge in [-0.05, 0) is 42.5 Å². The highest BCUT2D eigenvalue weighted by molar-refractivity contribution is 6.30. The van der Waals surface area contributed by atoms with E-state index in [1.165, 1.54) is 6.20 Å². The molecule has 0 aliphatic heterocycles. The summed E-state index contributed by atoms with van der Waals surface area (Å²) in [5.74, 6) is -0.333. The summed E-state index contributed by atoms with van der Waals surface area (Å²) >= 11 is 5.78. The second-order valence-electron chi connectivity index (χ2n) is 5.11. The highest BCUT2D eigenvalue weighted by Crippen LogP contribution is 2.18. The number of pyridine rings is 1. The van der Waals surface area contributed by atoms with E-state index in [1.54, 1.807) is 60.7 Å². The van der Waals surface area contributed by atoms with Gasteiger partial charge >= 0.3 is 0 Å². The van der Waals surface area contributed by atoms with Crippen LogP contribution in [0.1, 0.15) is 20.7 Å². The predicted molar refractivity (Wildman–Crippen MR) is 96.9 cm³/mol. The summed E-state index contributed by atoms with van der Waals surface area (Å²) in [4.78, 5) is 28.8. The van der Waals surface area contributed by atoms with Crippen LogP contribution in [0.2, 0.25) is 5.02 Å². The van der Waals surface area contributed by atoms with Gasteiger partial charge in [0.1, 0.15) is 5.82 Å². The topological polar surface area (TPSA) is 71.1 Å². The van der Waals surface area contributed by atoms with Crippen molar-refractivity contribution in [1.29, 1.82) is 0 Å². The van der Waals surface area contributed by atoms with Crippen molar-refractivity contribution in [2.24, 2.45) is 0 Å². The second kappa shape index (κ2) is 7.59. The molecule has 0 saturated heterocycles. The number of nitrogens with zero attached hydrogens (tertiary/aromatic N) is 1. The molecule has 123 valence electrons. The van der Waals surface area contributed by atoms with E-state index in [2.05, 4.69) is 21.7 Å². The maximum atomic E-state index is 12.5. The summed E-state index contributed by atoms with van der Waals surface area (Å²) in [6.45, 7) is 0. The molecule has 0 fully saturated rings. The molecule has 0 aliphatic rings. The molecule has 2 N–H and O–H groups in total. The van der Waals surface area contributed by atoms with Crippen LogP contribution < -0.4 is 10.6 Å². The quantitative estimate of drug-likeness (QED) is 0.746. The normalized spacial score (nSPS) is 10.1. The number of rotatable bonds is 4. The van der Waals surface area contributed by atoms with Crippen LogP contribution in [0.5, 0.6) is 0 Å². The molecule has 1 heterocycles. The van der Waals surface area contributed by atoms with Gasteiger partial charge in [0.05, 0.1) is 16.3 Å². The highest BCUT2D eigenvalue weighted by Gasteiger charge is 2.14. The number of anilines is 2. The minimum atomic E-state index is -0.384. The number of hydrogen-bond donors (Lipinski definition) is 2. The van der Waals surface area contributed by atoms with Gasteiger partial charge in [0.25, 0.3) is 11.8 Å². The molecule has 1 aromatic heterocycles. The number of aromatic nitrogens is 1. The summed E-state index contributed by atoms with van der Waals surface area (Å²) in [6, 6.07) is 19.5. The molecule has 2 aromatic carbocycles. The average molecular weight is 351 g/mol. The number of benzene rings is 2. The Balaban J connectivity index is 1.79. The van der Waals surface area contributed by atoms with Crippen molar-refractivity contribution in [3.63, 3.8) is 0 Å². The Kier molecular flexibility index (Phi) is 5.06. The Morgan fingerprint density at radius 2 is 1.80 bits per heavy atom. The summed E-state index contributed by atoms with van der Waals surface area (Å²) in [6.07, 6.45) is 1.44. The first-order valence-electron chi connectivity index (χ1n) is 7.43. The van der Waals surface area contributed by atoms with Crippen LogP contribution in [0.3, 0.4) is 0 Å². The van der Waals surface area contributed by atoms with Crippen LogP contribution in [0.25, 0.3) is 0 Å². The van der Waals surface area contributed by atoms with Gasteiger partial charge in [0, 0.05) is 11.8 Å². The molecular weight excluding hydrogens is 338 g/mol. The van der Waals surface area contributed by atoms with Crippen LogP contribution >= 0.6 is 11.6 Å². The SMILES string of the molecule is O=C(Nc1ccccc1C(=O)Nc1ccc(Cl)cn1)c1c[c]ccc1. The van der Waals surface area contributed by atoms with Crippen molar-refractivity contribution in [3.05, 3.63) is 89.1 Å². The van der Waals surface area contributed by atoms with Gasteiger partial charge in [-0.1, -0.05) is 35.9 Å². The molecule has 0 aliphatic carbocycles. The van der Waals surface area contributed by atoms with E-state index in [0.29, 0.717) is 27.7 Å². The first-order valence-corrected chi connectivity index (χ1v) is 7.81. The van der Waals surface area contributed by atoms with Crippen molar-refractivity contribution in [2.45, 2.75) is 0 Å². The lowest BCUT2D eigenvalue weighted by Gasteiger charge is -2.11. The smallest absolute Gasteiger partial charge is 0.258 e. The molecule has 2 amide bonds. The maximum Gasteiger partial charge on any atom is 0.258 e. The highest BCUT2D eigenvalue weighted by atomic mass is 35.5. The molecule has 0 spiro atoms. The standard InChI is InChI=1S/C19H13ClN3O2/c20-14-10-11-17(21-12-14)23-19(25)15-8-4-5-9-16(15)22-18(24)13-6-2-1-3-7-13/h1-2,4-12H,(H,22,24)(H,21,23,25).